The molecule has 3 aromatic rings. The number of nitrogens with one attached hydrogen (secondary N) is 1. The molecular formula is C25H28N2O4S. The zero-order valence-electron chi connectivity index (χ0n) is 18.3. The second-order valence-electron chi connectivity index (χ2n) is 7.19. The number of sulfonamides is 1. The highest BCUT2D eigenvalue weighted by atomic mass is 32.2. The molecule has 32 heavy (non-hydrogen) atoms. The summed E-state index contributed by atoms with van der Waals surface area (Å²) >= 11 is 0. The number of carbonyl (C=O) groups excluding carboxylic acids is 1. The number of rotatable bonds is 10. The van der Waals surface area contributed by atoms with Crippen LogP contribution in [0.4, 0.5) is 5.69 Å². The molecular weight excluding hydrogens is 424 g/mol. The summed E-state index contributed by atoms with van der Waals surface area (Å²) in [5, 5.41) is 2.97. The van der Waals surface area contributed by atoms with Crippen molar-refractivity contribution in [3.05, 3.63) is 90.5 Å². The number of ether oxygens (including phenoxy) is 1. The van der Waals surface area contributed by atoms with Crippen LogP contribution in [-0.2, 0) is 14.8 Å². The highest BCUT2D eigenvalue weighted by molar-refractivity contribution is 7.92. The Bertz CT molecular complexity index is 1100. The van der Waals surface area contributed by atoms with E-state index in [0.29, 0.717) is 24.5 Å². The van der Waals surface area contributed by atoms with Crippen molar-refractivity contribution >= 4 is 21.6 Å². The van der Waals surface area contributed by atoms with Crippen LogP contribution in [0.3, 0.4) is 0 Å². The highest BCUT2D eigenvalue weighted by Crippen LogP contribution is 2.26. The molecule has 0 radical (unpaired) electrons. The van der Waals surface area contributed by atoms with Gasteiger partial charge in [-0.1, -0.05) is 55.5 Å². The molecule has 7 heteroatoms. The van der Waals surface area contributed by atoms with Crippen molar-refractivity contribution in [1.82, 2.24) is 5.32 Å². The van der Waals surface area contributed by atoms with Gasteiger partial charge in [0.15, 0.2) is 0 Å². The van der Waals surface area contributed by atoms with Crippen molar-refractivity contribution in [1.29, 1.82) is 0 Å². The van der Waals surface area contributed by atoms with Crippen molar-refractivity contribution < 1.29 is 17.9 Å². The molecule has 0 aromatic heterocycles. The molecule has 0 bridgehead atoms. The highest BCUT2D eigenvalue weighted by Gasteiger charge is 2.28. The van der Waals surface area contributed by atoms with E-state index in [9.17, 15) is 13.2 Å². The van der Waals surface area contributed by atoms with Gasteiger partial charge in [0, 0.05) is 0 Å². The first-order valence-corrected chi connectivity index (χ1v) is 12.0. The Balaban J connectivity index is 1.89. The third-order valence-corrected chi connectivity index (χ3v) is 6.79. The van der Waals surface area contributed by atoms with Gasteiger partial charge in [0.05, 0.1) is 23.2 Å². The molecule has 0 fully saturated rings. The molecule has 0 unspecified atom stereocenters. The van der Waals surface area contributed by atoms with E-state index in [-0.39, 0.29) is 23.4 Å². The average molecular weight is 453 g/mol. The first-order valence-electron chi connectivity index (χ1n) is 10.6. The summed E-state index contributed by atoms with van der Waals surface area (Å²) < 4.78 is 33.4. The quantitative estimate of drug-likeness (QED) is 0.490. The number of hydrogen-bond acceptors (Lipinski definition) is 4. The third kappa shape index (κ3) is 5.68. The lowest BCUT2D eigenvalue weighted by molar-refractivity contribution is -0.120. The fraction of sp³-hybridized carbons (Fsp3) is 0.240. The molecule has 6 nitrogen and oxygen atoms in total. The third-order valence-electron chi connectivity index (χ3n) is 5.00. The average Bonchev–Trinajstić information content (AvgIpc) is 2.83. The zero-order valence-corrected chi connectivity index (χ0v) is 19.1. The van der Waals surface area contributed by atoms with Gasteiger partial charge in [-0.05, 0) is 55.3 Å². The van der Waals surface area contributed by atoms with E-state index in [1.54, 1.807) is 42.5 Å². The second-order valence-corrected chi connectivity index (χ2v) is 9.05. The minimum Gasteiger partial charge on any atom is -0.494 e. The Morgan fingerprint density at radius 3 is 2.06 bits per heavy atom. The maximum Gasteiger partial charge on any atom is 0.264 e. The van der Waals surface area contributed by atoms with Crippen LogP contribution in [0.2, 0.25) is 0 Å². The lowest BCUT2D eigenvalue weighted by Crippen LogP contribution is -2.42. The summed E-state index contributed by atoms with van der Waals surface area (Å²) in [5.41, 5.74) is 1.36. The Morgan fingerprint density at radius 2 is 1.50 bits per heavy atom. The van der Waals surface area contributed by atoms with Crippen LogP contribution < -0.4 is 14.4 Å². The standard InChI is InChI=1S/C25H28N2O4S/c1-3-24(20-11-7-5-8-12-20)26-25(28)19-27(21-15-17-22(18-16-21)31-4-2)32(29,30)23-13-9-6-10-14-23/h5-18,24H,3-4,19H2,1-2H3,(H,26,28)/t24-/m0/s1. The first kappa shape index (κ1) is 23.3. The maximum atomic E-state index is 13.4. The summed E-state index contributed by atoms with van der Waals surface area (Å²) in [6.45, 7) is 4.02. The van der Waals surface area contributed by atoms with Crippen LogP contribution in [0.5, 0.6) is 5.75 Å². The Labute approximate surface area is 189 Å². The van der Waals surface area contributed by atoms with E-state index in [4.69, 9.17) is 4.74 Å². The predicted molar refractivity (Wildman–Crippen MR) is 126 cm³/mol. The van der Waals surface area contributed by atoms with E-state index in [0.717, 1.165) is 9.87 Å². The first-order chi connectivity index (χ1) is 15.5. The predicted octanol–water partition coefficient (Wildman–Crippen LogP) is 4.55. The fourth-order valence-corrected chi connectivity index (χ4v) is 4.83. The van der Waals surface area contributed by atoms with E-state index in [1.165, 1.54) is 12.1 Å². The van der Waals surface area contributed by atoms with Crippen molar-refractivity contribution in [3.8, 4) is 5.75 Å². The molecule has 0 aliphatic carbocycles. The second kappa shape index (κ2) is 10.8. The monoisotopic (exact) mass is 452 g/mol. The minimum absolute atomic E-state index is 0.122. The van der Waals surface area contributed by atoms with Gasteiger partial charge in [0.1, 0.15) is 12.3 Å². The molecule has 0 spiro atoms. The fourth-order valence-electron chi connectivity index (χ4n) is 3.39. The van der Waals surface area contributed by atoms with E-state index in [1.807, 2.05) is 44.2 Å². The van der Waals surface area contributed by atoms with Gasteiger partial charge in [-0.3, -0.25) is 9.10 Å². The number of nitrogens with zero attached hydrogens (tertiary/aromatic N) is 1. The van der Waals surface area contributed by atoms with Gasteiger partial charge < -0.3 is 10.1 Å². The Hall–Kier alpha value is -3.32. The molecule has 0 heterocycles. The molecule has 0 aliphatic rings. The van der Waals surface area contributed by atoms with Crippen molar-refractivity contribution in [2.24, 2.45) is 0 Å². The summed E-state index contributed by atoms with van der Waals surface area (Å²) in [4.78, 5) is 13.1. The SMILES string of the molecule is CCOc1ccc(N(CC(=O)N[C@@H](CC)c2ccccc2)S(=O)(=O)c2ccccc2)cc1. The van der Waals surface area contributed by atoms with Gasteiger partial charge in [0.2, 0.25) is 5.91 Å². The van der Waals surface area contributed by atoms with Gasteiger partial charge >= 0.3 is 0 Å². The number of carbonyl (C=O) groups is 1. The van der Waals surface area contributed by atoms with E-state index < -0.39 is 10.0 Å². The normalized spacial score (nSPS) is 12.1. The van der Waals surface area contributed by atoms with Crippen LogP contribution in [0.15, 0.2) is 89.8 Å². The Kier molecular flexibility index (Phi) is 7.89. The lowest BCUT2D eigenvalue weighted by Gasteiger charge is -2.26. The summed E-state index contributed by atoms with van der Waals surface area (Å²) in [5.74, 6) is 0.252. The molecule has 0 saturated heterocycles. The van der Waals surface area contributed by atoms with Crippen molar-refractivity contribution in [2.75, 3.05) is 17.5 Å². The van der Waals surface area contributed by atoms with Crippen LogP contribution >= 0.6 is 0 Å². The molecule has 3 rings (SSSR count). The zero-order chi connectivity index (χ0) is 23.0. The molecule has 0 saturated carbocycles. The number of amides is 1. The smallest absolute Gasteiger partial charge is 0.264 e. The molecule has 168 valence electrons. The molecule has 1 atom stereocenters. The number of anilines is 1. The topological polar surface area (TPSA) is 75.7 Å². The van der Waals surface area contributed by atoms with Gasteiger partial charge in [0.25, 0.3) is 10.0 Å². The van der Waals surface area contributed by atoms with Crippen LogP contribution in [0, 0.1) is 0 Å². The van der Waals surface area contributed by atoms with Crippen LogP contribution in [-0.4, -0.2) is 27.5 Å². The molecule has 1 N–H and O–H groups in total. The lowest BCUT2D eigenvalue weighted by atomic mass is 10.0. The van der Waals surface area contributed by atoms with Gasteiger partial charge in [-0.2, -0.15) is 0 Å². The number of benzene rings is 3. The summed E-state index contributed by atoms with van der Waals surface area (Å²) in [6, 6.07) is 24.2. The van der Waals surface area contributed by atoms with E-state index >= 15 is 0 Å². The van der Waals surface area contributed by atoms with Crippen molar-refractivity contribution in [3.63, 3.8) is 0 Å². The van der Waals surface area contributed by atoms with Crippen LogP contribution in [0.1, 0.15) is 31.9 Å². The Morgan fingerprint density at radius 1 is 0.906 bits per heavy atom. The molecule has 0 aliphatic heterocycles. The van der Waals surface area contributed by atoms with Crippen LogP contribution in [0.25, 0.3) is 0 Å². The maximum absolute atomic E-state index is 13.4. The van der Waals surface area contributed by atoms with Gasteiger partial charge in [-0.15, -0.1) is 0 Å². The molecule has 3 aromatic carbocycles. The largest absolute Gasteiger partial charge is 0.494 e. The molecule has 1 amide bonds. The summed E-state index contributed by atoms with van der Waals surface area (Å²) in [7, 11) is -3.95. The van der Waals surface area contributed by atoms with Crippen molar-refractivity contribution in [2.45, 2.75) is 31.2 Å². The summed E-state index contributed by atoms with van der Waals surface area (Å²) in [6.07, 6.45) is 0.685. The van der Waals surface area contributed by atoms with Gasteiger partial charge in [-0.25, -0.2) is 8.42 Å². The minimum atomic E-state index is -3.95. The van der Waals surface area contributed by atoms with E-state index in [2.05, 4.69) is 5.32 Å². The number of hydrogen-bond donors (Lipinski definition) is 1.